The number of aromatic nitrogens is 4. The highest BCUT2D eigenvalue weighted by molar-refractivity contribution is 5.91. The van der Waals surface area contributed by atoms with Crippen LogP contribution in [0.1, 0.15) is 25.0 Å². The Balaban J connectivity index is 1.55. The van der Waals surface area contributed by atoms with Crippen LogP contribution in [0.3, 0.4) is 0 Å². The zero-order valence-electron chi connectivity index (χ0n) is 23.4. The van der Waals surface area contributed by atoms with Crippen molar-refractivity contribution in [3.8, 4) is 11.5 Å². The van der Waals surface area contributed by atoms with E-state index in [1.165, 1.54) is 11.0 Å². The molecule has 0 radical (unpaired) electrons. The van der Waals surface area contributed by atoms with Gasteiger partial charge in [-0.15, -0.1) is 5.10 Å². The first kappa shape index (κ1) is 29.0. The summed E-state index contributed by atoms with van der Waals surface area (Å²) < 4.78 is 13.2. The van der Waals surface area contributed by atoms with Crippen molar-refractivity contribution in [3.05, 3.63) is 59.9 Å². The Morgan fingerprint density at radius 1 is 1.27 bits per heavy atom. The van der Waals surface area contributed by atoms with Gasteiger partial charge in [-0.3, -0.25) is 14.5 Å². The standard InChI is InChI=1S/C28H37N7O5/c1-19-13-35(20(2)17-36)28(38)12-22-11-23(30-27(37)16-34-18-29-31-32-34)7-10-25(22)40-26(19)15-33(3)14-21-5-8-24(39-4)9-6-21/h5-11,18-20,26,36H,12-17H2,1-4H3,(H,30,37)/t19-,20-,26+/m1/s1. The number of fused-ring (bicyclic) bond motifs is 1. The van der Waals surface area contributed by atoms with Gasteiger partial charge in [0.1, 0.15) is 30.5 Å². The molecule has 0 unspecified atom stereocenters. The minimum Gasteiger partial charge on any atom is -0.497 e. The van der Waals surface area contributed by atoms with Gasteiger partial charge in [0.15, 0.2) is 0 Å². The maximum Gasteiger partial charge on any atom is 0.246 e. The molecule has 214 valence electrons. The first-order chi connectivity index (χ1) is 19.2. The second kappa shape index (κ2) is 13.4. The number of rotatable bonds is 10. The molecule has 2 N–H and O–H groups in total. The molecule has 40 heavy (non-hydrogen) atoms. The first-order valence-electron chi connectivity index (χ1n) is 13.3. The lowest BCUT2D eigenvalue weighted by Crippen LogP contribution is -2.47. The summed E-state index contributed by atoms with van der Waals surface area (Å²) in [6, 6.07) is 12.9. The van der Waals surface area contributed by atoms with Crippen LogP contribution >= 0.6 is 0 Å². The van der Waals surface area contributed by atoms with E-state index in [9.17, 15) is 14.7 Å². The Bertz CT molecular complexity index is 1270. The Morgan fingerprint density at radius 3 is 2.73 bits per heavy atom. The Morgan fingerprint density at radius 2 is 2.05 bits per heavy atom. The number of benzene rings is 2. The van der Waals surface area contributed by atoms with E-state index >= 15 is 0 Å². The fraction of sp³-hybridized carbons (Fsp3) is 0.464. The number of tetrazole rings is 1. The molecule has 0 fully saturated rings. The molecule has 1 aliphatic heterocycles. The molecule has 3 atom stereocenters. The second-order valence-electron chi connectivity index (χ2n) is 10.3. The van der Waals surface area contributed by atoms with Gasteiger partial charge in [-0.25, -0.2) is 4.68 Å². The van der Waals surface area contributed by atoms with Crippen LogP contribution in [0.2, 0.25) is 0 Å². The molecule has 2 heterocycles. The van der Waals surface area contributed by atoms with Gasteiger partial charge in [-0.05, 0) is 60.3 Å². The molecule has 12 nitrogen and oxygen atoms in total. The minimum atomic E-state index is -0.339. The van der Waals surface area contributed by atoms with Crippen LogP contribution in [0.25, 0.3) is 0 Å². The number of hydrogen-bond donors (Lipinski definition) is 2. The summed E-state index contributed by atoms with van der Waals surface area (Å²) in [5.74, 6) is 0.982. The second-order valence-corrected chi connectivity index (χ2v) is 10.3. The lowest BCUT2D eigenvalue weighted by molar-refractivity contribution is -0.134. The van der Waals surface area contributed by atoms with E-state index in [1.54, 1.807) is 30.2 Å². The van der Waals surface area contributed by atoms with E-state index in [1.807, 2.05) is 38.2 Å². The molecule has 0 saturated carbocycles. The zero-order chi connectivity index (χ0) is 28.6. The highest BCUT2D eigenvalue weighted by atomic mass is 16.5. The number of aliphatic hydroxyl groups excluding tert-OH is 1. The van der Waals surface area contributed by atoms with Crippen LogP contribution in [-0.2, 0) is 29.1 Å². The van der Waals surface area contributed by atoms with Gasteiger partial charge in [0, 0.05) is 36.8 Å². The van der Waals surface area contributed by atoms with Gasteiger partial charge in [0.05, 0.1) is 26.2 Å². The van der Waals surface area contributed by atoms with Gasteiger partial charge in [-0.2, -0.15) is 0 Å². The largest absolute Gasteiger partial charge is 0.497 e. The Hall–Kier alpha value is -4.03. The van der Waals surface area contributed by atoms with E-state index in [4.69, 9.17) is 9.47 Å². The number of nitrogens with one attached hydrogen (secondary N) is 1. The number of methoxy groups -OCH3 is 1. The number of aliphatic hydroxyl groups is 1. The van der Waals surface area contributed by atoms with Crippen LogP contribution in [0.4, 0.5) is 5.69 Å². The van der Waals surface area contributed by atoms with E-state index in [-0.39, 0.29) is 49.5 Å². The molecule has 2 amide bonds. The summed E-state index contributed by atoms with van der Waals surface area (Å²) in [4.78, 5) is 29.8. The van der Waals surface area contributed by atoms with Crippen LogP contribution in [0, 0.1) is 5.92 Å². The van der Waals surface area contributed by atoms with E-state index in [0.29, 0.717) is 36.6 Å². The number of hydrogen-bond acceptors (Lipinski definition) is 9. The van der Waals surface area contributed by atoms with Crippen molar-refractivity contribution in [2.75, 3.05) is 39.2 Å². The number of nitrogens with zero attached hydrogens (tertiary/aromatic N) is 6. The topological polar surface area (TPSA) is 135 Å². The molecule has 0 bridgehead atoms. The maximum absolute atomic E-state index is 13.4. The lowest BCUT2D eigenvalue weighted by Gasteiger charge is -2.34. The van der Waals surface area contributed by atoms with E-state index in [0.717, 1.165) is 11.3 Å². The zero-order valence-corrected chi connectivity index (χ0v) is 23.4. The molecule has 12 heteroatoms. The van der Waals surface area contributed by atoms with Crippen molar-refractivity contribution in [1.29, 1.82) is 0 Å². The minimum absolute atomic E-state index is 0.0158. The average Bonchev–Trinajstić information content (AvgIpc) is 3.45. The third-order valence-corrected chi connectivity index (χ3v) is 7.00. The quantitative estimate of drug-likeness (QED) is 0.385. The van der Waals surface area contributed by atoms with Gasteiger partial charge in [0.2, 0.25) is 11.8 Å². The summed E-state index contributed by atoms with van der Waals surface area (Å²) in [5.41, 5.74) is 2.35. The van der Waals surface area contributed by atoms with Crippen molar-refractivity contribution in [2.24, 2.45) is 5.92 Å². The molecule has 1 aromatic heterocycles. The van der Waals surface area contributed by atoms with Crippen LogP contribution in [-0.4, -0.2) is 92.9 Å². The molecule has 2 aromatic carbocycles. The highest BCUT2D eigenvalue weighted by Crippen LogP contribution is 2.29. The van der Waals surface area contributed by atoms with Crippen molar-refractivity contribution in [2.45, 2.75) is 45.5 Å². The van der Waals surface area contributed by atoms with E-state index < -0.39 is 0 Å². The smallest absolute Gasteiger partial charge is 0.246 e. The number of likely N-dealkylation sites (N-methyl/N-ethyl adjacent to an activating group) is 1. The number of ether oxygens (including phenoxy) is 2. The predicted octanol–water partition coefficient (Wildman–Crippen LogP) is 1.60. The number of carbonyl (C=O) groups is 2. The van der Waals surface area contributed by atoms with Crippen LogP contribution < -0.4 is 14.8 Å². The molecular weight excluding hydrogens is 514 g/mol. The number of amides is 2. The third-order valence-electron chi connectivity index (χ3n) is 7.00. The van der Waals surface area contributed by atoms with Crippen molar-refractivity contribution >= 4 is 17.5 Å². The normalized spacial score (nSPS) is 18.2. The SMILES string of the molecule is COc1ccc(CN(C)C[C@@H]2Oc3ccc(NC(=O)Cn4cnnn4)cc3CC(=O)N([C@H](C)CO)C[C@H]2C)cc1. The van der Waals surface area contributed by atoms with Crippen LogP contribution in [0.15, 0.2) is 48.8 Å². The molecule has 0 spiro atoms. The Kier molecular flexibility index (Phi) is 9.67. The summed E-state index contributed by atoms with van der Waals surface area (Å²) in [6.07, 6.45) is 1.21. The fourth-order valence-corrected chi connectivity index (χ4v) is 4.74. The number of carbonyl (C=O) groups excluding carboxylic acids is 2. The molecular formula is C28H37N7O5. The third kappa shape index (κ3) is 7.54. The Labute approximate surface area is 233 Å². The summed E-state index contributed by atoms with van der Waals surface area (Å²) in [5, 5.41) is 23.5. The molecule has 1 aliphatic rings. The number of anilines is 1. The van der Waals surface area contributed by atoms with Gasteiger partial charge < -0.3 is 24.8 Å². The van der Waals surface area contributed by atoms with Gasteiger partial charge >= 0.3 is 0 Å². The van der Waals surface area contributed by atoms with Crippen LogP contribution in [0.5, 0.6) is 11.5 Å². The average molecular weight is 552 g/mol. The van der Waals surface area contributed by atoms with Crippen molar-refractivity contribution in [1.82, 2.24) is 30.0 Å². The molecule has 0 aliphatic carbocycles. The summed E-state index contributed by atoms with van der Waals surface area (Å²) >= 11 is 0. The van der Waals surface area contributed by atoms with Gasteiger partial charge in [0.25, 0.3) is 0 Å². The van der Waals surface area contributed by atoms with Crippen molar-refractivity contribution < 1.29 is 24.2 Å². The fourth-order valence-electron chi connectivity index (χ4n) is 4.74. The summed E-state index contributed by atoms with van der Waals surface area (Å²) in [7, 11) is 3.69. The van der Waals surface area contributed by atoms with Gasteiger partial charge in [-0.1, -0.05) is 19.1 Å². The van der Waals surface area contributed by atoms with Crippen molar-refractivity contribution in [3.63, 3.8) is 0 Å². The van der Waals surface area contributed by atoms with E-state index in [2.05, 4.69) is 32.7 Å². The maximum atomic E-state index is 13.4. The lowest BCUT2D eigenvalue weighted by atomic mass is 10.0. The highest BCUT2D eigenvalue weighted by Gasteiger charge is 2.31. The first-order valence-corrected chi connectivity index (χ1v) is 13.3. The molecule has 4 rings (SSSR count). The molecule has 3 aromatic rings. The predicted molar refractivity (Wildman–Crippen MR) is 148 cm³/mol. The molecule has 0 saturated heterocycles. The summed E-state index contributed by atoms with van der Waals surface area (Å²) in [6.45, 7) is 5.51. The monoisotopic (exact) mass is 551 g/mol.